The first-order valence-corrected chi connectivity index (χ1v) is 7.96. The van der Waals surface area contributed by atoms with Crippen molar-refractivity contribution in [3.63, 3.8) is 0 Å². The molecule has 2 aromatic rings. The summed E-state index contributed by atoms with van der Waals surface area (Å²) in [5.41, 5.74) is 1.44. The fraction of sp³-hybridized carbons (Fsp3) is 0.333. The first kappa shape index (κ1) is 16.4. The monoisotopic (exact) mass is 329 g/mol. The number of rotatable bonds is 3. The van der Waals surface area contributed by atoms with Gasteiger partial charge in [-0.1, -0.05) is 12.1 Å². The first-order valence-electron chi connectivity index (χ1n) is 7.96. The van der Waals surface area contributed by atoms with E-state index in [9.17, 15) is 14.0 Å². The van der Waals surface area contributed by atoms with Crippen LogP contribution in [-0.2, 0) is 13.6 Å². The van der Waals surface area contributed by atoms with Crippen molar-refractivity contribution in [2.45, 2.75) is 6.54 Å². The average Bonchev–Trinajstić information content (AvgIpc) is 2.58. The van der Waals surface area contributed by atoms with Gasteiger partial charge in [-0.15, -0.1) is 0 Å². The number of nitrogens with zero attached hydrogens (tertiary/aromatic N) is 3. The largest absolute Gasteiger partial charge is 0.336 e. The summed E-state index contributed by atoms with van der Waals surface area (Å²) < 4.78 is 14.8. The quantitative estimate of drug-likeness (QED) is 0.857. The van der Waals surface area contributed by atoms with Crippen molar-refractivity contribution >= 4 is 5.91 Å². The van der Waals surface area contributed by atoms with Crippen molar-refractivity contribution in [1.82, 2.24) is 14.4 Å². The minimum Gasteiger partial charge on any atom is -0.336 e. The number of benzene rings is 1. The van der Waals surface area contributed by atoms with E-state index in [1.807, 2.05) is 12.3 Å². The molecule has 1 amide bonds. The Balaban J connectivity index is 1.58. The van der Waals surface area contributed by atoms with E-state index < -0.39 is 5.82 Å². The summed E-state index contributed by atoms with van der Waals surface area (Å²) >= 11 is 0. The third-order valence-electron chi connectivity index (χ3n) is 4.28. The lowest BCUT2D eigenvalue weighted by molar-refractivity contribution is 0.0628. The molecule has 1 fully saturated rings. The lowest BCUT2D eigenvalue weighted by Gasteiger charge is -2.34. The summed E-state index contributed by atoms with van der Waals surface area (Å²) in [4.78, 5) is 27.8. The Hall–Kier alpha value is -2.47. The SMILES string of the molecule is Cn1cc(CN2CCN(C(=O)c3cccc(F)c3)CC2)ccc1=O. The molecule has 126 valence electrons. The van der Waals surface area contributed by atoms with Crippen LogP contribution in [0.15, 0.2) is 47.4 Å². The third-order valence-corrected chi connectivity index (χ3v) is 4.28. The van der Waals surface area contributed by atoms with Crippen LogP contribution in [-0.4, -0.2) is 46.5 Å². The number of hydrogen-bond acceptors (Lipinski definition) is 3. The Morgan fingerprint density at radius 1 is 1.12 bits per heavy atom. The molecule has 1 aliphatic rings. The number of pyridine rings is 1. The van der Waals surface area contributed by atoms with Crippen LogP contribution in [0.5, 0.6) is 0 Å². The van der Waals surface area contributed by atoms with Gasteiger partial charge in [0.2, 0.25) is 5.56 Å². The van der Waals surface area contributed by atoms with Crippen molar-refractivity contribution in [3.05, 3.63) is 69.9 Å². The number of hydrogen-bond donors (Lipinski definition) is 0. The van der Waals surface area contributed by atoms with Gasteiger partial charge < -0.3 is 9.47 Å². The van der Waals surface area contributed by atoms with E-state index in [1.54, 1.807) is 34.7 Å². The molecule has 1 aromatic carbocycles. The lowest BCUT2D eigenvalue weighted by atomic mass is 10.1. The maximum absolute atomic E-state index is 13.3. The molecule has 0 radical (unpaired) electrons. The lowest BCUT2D eigenvalue weighted by Crippen LogP contribution is -2.48. The van der Waals surface area contributed by atoms with Crippen molar-refractivity contribution < 1.29 is 9.18 Å². The van der Waals surface area contributed by atoms with Crippen LogP contribution < -0.4 is 5.56 Å². The molecule has 0 atom stereocenters. The molecule has 1 aromatic heterocycles. The molecule has 0 N–H and O–H groups in total. The van der Waals surface area contributed by atoms with E-state index in [-0.39, 0.29) is 11.5 Å². The maximum Gasteiger partial charge on any atom is 0.254 e. The van der Waals surface area contributed by atoms with Gasteiger partial charge in [-0.25, -0.2) is 4.39 Å². The zero-order valence-electron chi connectivity index (χ0n) is 13.6. The van der Waals surface area contributed by atoms with Gasteiger partial charge in [-0.3, -0.25) is 14.5 Å². The highest BCUT2D eigenvalue weighted by Gasteiger charge is 2.22. The summed E-state index contributed by atoms with van der Waals surface area (Å²) in [6.45, 7) is 3.48. The smallest absolute Gasteiger partial charge is 0.254 e. The molecule has 3 rings (SSSR count). The second-order valence-corrected chi connectivity index (χ2v) is 6.07. The molecular weight excluding hydrogens is 309 g/mol. The van der Waals surface area contributed by atoms with E-state index >= 15 is 0 Å². The fourth-order valence-electron chi connectivity index (χ4n) is 2.92. The van der Waals surface area contributed by atoms with E-state index in [2.05, 4.69) is 4.90 Å². The fourth-order valence-corrected chi connectivity index (χ4v) is 2.92. The van der Waals surface area contributed by atoms with Crippen molar-refractivity contribution in [2.24, 2.45) is 7.05 Å². The van der Waals surface area contributed by atoms with E-state index in [0.29, 0.717) is 18.7 Å². The first-order chi connectivity index (χ1) is 11.5. The number of aryl methyl sites for hydroxylation is 1. The molecule has 0 bridgehead atoms. The van der Waals surface area contributed by atoms with Crippen LogP contribution in [0.25, 0.3) is 0 Å². The van der Waals surface area contributed by atoms with Gasteiger partial charge in [-0.05, 0) is 23.8 Å². The third kappa shape index (κ3) is 3.71. The molecule has 24 heavy (non-hydrogen) atoms. The van der Waals surface area contributed by atoms with E-state index in [1.165, 1.54) is 12.1 Å². The Morgan fingerprint density at radius 3 is 2.54 bits per heavy atom. The standard InChI is InChI=1S/C18H20FN3O2/c1-20-12-14(5-6-17(20)23)13-21-7-9-22(10-8-21)18(24)15-3-2-4-16(19)11-15/h2-6,11-12H,7-10,13H2,1H3. The molecule has 6 heteroatoms. The molecule has 0 saturated carbocycles. The Bertz CT molecular complexity index is 795. The Morgan fingerprint density at radius 2 is 1.88 bits per heavy atom. The van der Waals surface area contributed by atoms with Crippen LogP contribution in [0.2, 0.25) is 0 Å². The molecule has 1 saturated heterocycles. The zero-order chi connectivity index (χ0) is 17.1. The predicted octanol–water partition coefficient (Wildman–Crippen LogP) is 1.48. The number of carbonyl (C=O) groups is 1. The molecule has 0 spiro atoms. The van der Waals surface area contributed by atoms with Crippen LogP contribution in [0.4, 0.5) is 4.39 Å². The summed E-state index contributed by atoms with van der Waals surface area (Å²) in [5, 5.41) is 0. The van der Waals surface area contributed by atoms with E-state index in [4.69, 9.17) is 0 Å². The number of carbonyl (C=O) groups excluding carboxylic acids is 1. The van der Waals surface area contributed by atoms with E-state index in [0.717, 1.165) is 25.2 Å². The number of aromatic nitrogens is 1. The van der Waals surface area contributed by atoms with Crippen LogP contribution in [0.3, 0.4) is 0 Å². The van der Waals surface area contributed by atoms with Gasteiger partial charge in [0.15, 0.2) is 0 Å². The minimum atomic E-state index is -0.394. The molecule has 1 aliphatic heterocycles. The number of amides is 1. The van der Waals surface area contributed by atoms with Gasteiger partial charge >= 0.3 is 0 Å². The molecule has 0 aliphatic carbocycles. The highest BCUT2D eigenvalue weighted by molar-refractivity contribution is 5.94. The zero-order valence-corrected chi connectivity index (χ0v) is 13.6. The summed E-state index contributed by atoms with van der Waals surface area (Å²) in [6.07, 6.45) is 1.84. The van der Waals surface area contributed by atoms with Crippen molar-refractivity contribution in [3.8, 4) is 0 Å². The highest BCUT2D eigenvalue weighted by atomic mass is 19.1. The average molecular weight is 329 g/mol. The van der Waals surface area contributed by atoms with Gasteiger partial charge in [0.05, 0.1) is 0 Å². The topological polar surface area (TPSA) is 45.5 Å². The normalized spacial score (nSPS) is 15.5. The number of halogens is 1. The highest BCUT2D eigenvalue weighted by Crippen LogP contribution is 2.12. The summed E-state index contributed by atoms with van der Waals surface area (Å²) in [7, 11) is 1.74. The molecule has 0 unspecified atom stereocenters. The van der Waals surface area contributed by atoms with Crippen LogP contribution >= 0.6 is 0 Å². The minimum absolute atomic E-state index is 0.0238. The molecule has 2 heterocycles. The summed E-state index contributed by atoms with van der Waals surface area (Å²) in [5.74, 6) is -0.523. The maximum atomic E-state index is 13.3. The van der Waals surface area contributed by atoms with Gasteiger partial charge in [0.25, 0.3) is 5.91 Å². The Labute approximate surface area is 139 Å². The van der Waals surface area contributed by atoms with Gasteiger partial charge in [0.1, 0.15) is 5.82 Å². The second kappa shape index (κ2) is 6.97. The van der Waals surface area contributed by atoms with Gasteiger partial charge in [0, 0.05) is 57.6 Å². The van der Waals surface area contributed by atoms with Crippen LogP contribution in [0.1, 0.15) is 15.9 Å². The van der Waals surface area contributed by atoms with Crippen LogP contribution in [0, 0.1) is 5.82 Å². The predicted molar refractivity (Wildman–Crippen MR) is 89.3 cm³/mol. The molecular formula is C18H20FN3O2. The second-order valence-electron chi connectivity index (χ2n) is 6.07. The Kier molecular flexibility index (Phi) is 4.76. The summed E-state index contributed by atoms with van der Waals surface area (Å²) in [6, 6.07) is 9.22. The molecule has 5 nitrogen and oxygen atoms in total. The number of piperazine rings is 1. The van der Waals surface area contributed by atoms with Crippen molar-refractivity contribution in [1.29, 1.82) is 0 Å². The van der Waals surface area contributed by atoms with Crippen molar-refractivity contribution in [2.75, 3.05) is 26.2 Å². The van der Waals surface area contributed by atoms with Gasteiger partial charge in [-0.2, -0.15) is 0 Å².